The van der Waals surface area contributed by atoms with E-state index in [2.05, 4.69) is 30.0 Å². The molecule has 0 amide bonds. The quantitative estimate of drug-likeness (QED) is 0.201. The van der Waals surface area contributed by atoms with Crippen molar-refractivity contribution in [2.75, 3.05) is 6.61 Å². The Bertz CT molecular complexity index is 262. The number of rotatable bonds is 15. The molecule has 0 rings (SSSR count). The molecule has 0 aliphatic carbocycles. The fraction of sp³-hybridized carbons (Fsp3) is 0.947. The molecule has 0 saturated carbocycles. The maximum absolute atomic E-state index is 11.8. The second kappa shape index (κ2) is 14.5. The Morgan fingerprint density at radius 1 is 0.818 bits per heavy atom. The van der Waals surface area contributed by atoms with E-state index >= 15 is 0 Å². The molecule has 1 atom stereocenters. The van der Waals surface area contributed by atoms with Crippen LogP contribution in [0.15, 0.2) is 0 Å². The van der Waals surface area contributed by atoms with Gasteiger partial charge < -0.3 is 4.74 Å². The average molecular weight is 330 g/mol. The van der Waals surface area contributed by atoms with Crippen molar-refractivity contribution in [2.24, 2.45) is 0 Å². The number of ether oxygens (including phenoxy) is 1. The van der Waals surface area contributed by atoms with Gasteiger partial charge in [-0.25, -0.2) is 0 Å². The Hall–Kier alpha value is -0.100. The maximum Gasteiger partial charge on any atom is 0.306 e. The average Bonchev–Trinajstić information content (AvgIpc) is 2.52. The lowest BCUT2D eigenvalue weighted by atomic mass is 9.98. The number of esters is 1. The van der Waals surface area contributed by atoms with Gasteiger partial charge in [0.25, 0.3) is 0 Å². The van der Waals surface area contributed by atoms with Crippen molar-refractivity contribution in [2.45, 2.75) is 109 Å². The molecule has 0 spiro atoms. The summed E-state index contributed by atoms with van der Waals surface area (Å²) in [6.45, 7) is 7.12. The molecule has 0 fully saturated rings. The summed E-state index contributed by atoms with van der Waals surface area (Å²) in [5.74, 6) is -0.0328. The molecule has 0 radical (unpaired) electrons. The van der Waals surface area contributed by atoms with Gasteiger partial charge in [-0.1, -0.05) is 78.6 Å². The van der Waals surface area contributed by atoms with Crippen LogP contribution >= 0.6 is 9.24 Å². The molecule has 0 bridgehead atoms. The van der Waals surface area contributed by atoms with Crippen LogP contribution in [0.3, 0.4) is 0 Å². The van der Waals surface area contributed by atoms with Crippen molar-refractivity contribution in [3.05, 3.63) is 0 Å². The molecule has 132 valence electrons. The van der Waals surface area contributed by atoms with Crippen molar-refractivity contribution in [1.82, 2.24) is 0 Å². The third kappa shape index (κ3) is 12.4. The van der Waals surface area contributed by atoms with E-state index in [9.17, 15) is 4.79 Å². The molecule has 3 heteroatoms. The van der Waals surface area contributed by atoms with Crippen molar-refractivity contribution in [3.63, 3.8) is 0 Å². The van der Waals surface area contributed by atoms with Crippen molar-refractivity contribution in [3.8, 4) is 0 Å². The lowest BCUT2D eigenvalue weighted by molar-refractivity contribution is -0.144. The minimum atomic E-state index is -0.0328. The lowest BCUT2D eigenvalue weighted by Crippen LogP contribution is -2.24. The van der Waals surface area contributed by atoms with Gasteiger partial charge in [-0.3, -0.25) is 4.79 Å². The highest BCUT2D eigenvalue weighted by Crippen LogP contribution is 2.30. The largest absolute Gasteiger partial charge is 0.466 e. The van der Waals surface area contributed by atoms with E-state index in [0.717, 1.165) is 19.3 Å². The van der Waals surface area contributed by atoms with Crippen LogP contribution in [-0.4, -0.2) is 17.7 Å². The Morgan fingerprint density at radius 2 is 1.27 bits per heavy atom. The fourth-order valence-corrected chi connectivity index (χ4v) is 2.78. The molecule has 0 N–H and O–H groups in total. The van der Waals surface area contributed by atoms with Crippen LogP contribution < -0.4 is 0 Å². The van der Waals surface area contributed by atoms with E-state index in [1.165, 1.54) is 57.8 Å². The summed E-state index contributed by atoms with van der Waals surface area (Å²) >= 11 is 0. The molecule has 0 aromatic carbocycles. The number of hydrogen-bond donors (Lipinski definition) is 0. The van der Waals surface area contributed by atoms with Gasteiger partial charge in [0.1, 0.15) is 0 Å². The zero-order valence-corrected chi connectivity index (χ0v) is 16.4. The minimum Gasteiger partial charge on any atom is -0.466 e. The van der Waals surface area contributed by atoms with Gasteiger partial charge in [0.2, 0.25) is 0 Å². The number of unbranched alkanes of at least 4 members (excludes halogenated alkanes) is 9. The molecule has 0 heterocycles. The van der Waals surface area contributed by atoms with Gasteiger partial charge in [-0.05, 0) is 24.4 Å². The summed E-state index contributed by atoms with van der Waals surface area (Å²) in [4.78, 5) is 11.8. The molecule has 22 heavy (non-hydrogen) atoms. The second-order valence-electron chi connectivity index (χ2n) is 6.65. The Labute approximate surface area is 141 Å². The van der Waals surface area contributed by atoms with E-state index in [1.807, 2.05) is 0 Å². The number of carbonyl (C=O) groups excluding carboxylic acids is 1. The van der Waals surface area contributed by atoms with Gasteiger partial charge in [0.15, 0.2) is 0 Å². The molecule has 0 aromatic heterocycles. The predicted octanol–water partition coefficient (Wildman–Crippen LogP) is 6.27. The van der Waals surface area contributed by atoms with Crippen molar-refractivity contribution < 1.29 is 9.53 Å². The summed E-state index contributed by atoms with van der Waals surface area (Å²) in [6, 6.07) is 0. The van der Waals surface area contributed by atoms with E-state index < -0.39 is 0 Å². The highest BCUT2D eigenvalue weighted by Gasteiger charge is 2.24. The third-order valence-corrected chi connectivity index (χ3v) is 5.69. The van der Waals surface area contributed by atoms with Crippen LogP contribution in [0.1, 0.15) is 104 Å². The topological polar surface area (TPSA) is 26.3 Å². The Morgan fingerprint density at radius 3 is 1.73 bits per heavy atom. The Balaban J connectivity index is 3.37. The predicted molar refractivity (Wildman–Crippen MR) is 100 cm³/mol. The zero-order valence-electron chi connectivity index (χ0n) is 15.3. The summed E-state index contributed by atoms with van der Waals surface area (Å²) in [6.07, 6.45) is 15.6. The van der Waals surface area contributed by atoms with Crippen LogP contribution in [0.4, 0.5) is 0 Å². The molecule has 2 nitrogen and oxygen atoms in total. The number of hydrogen-bond acceptors (Lipinski definition) is 2. The lowest BCUT2D eigenvalue weighted by Gasteiger charge is -2.24. The molecular weight excluding hydrogens is 291 g/mol. The van der Waals surface area contributed by atoms with E-state index in [1.54, 1.807) is 0 Å². The monoisotopic (exact) mass is 330 g/mol. The molecular formula is C19H39O2P. The van der Waals surface area contributed by atoms with Crippen LogP contribution in [-0.2, 0) is 9.53 Å². The summed E-state index contributed by atoms with van der Waals surface area (Å²) in [5.41, 5.74) is 0. The van der Waals surface area contributed by atoms with Crippen LogP contribution in [0.5, 0.6) is 0 Å². The third-order valence-electron chi connectivity index (χ3n) is 4.67. The van der Waals surface area contributed by atoms with Crippen molar-refractivity contribution >= 4 is 15.2 Å². The second-order valence-corrected chi connectivity index (χ2v) is 7.87. The van der Waals surface area contributed by atoms with Crippen LogP contribution in [0, 0.1) is 0 Å². The van der Waals surface area contributed by atoms with Gasteiger partial charge in [-0.2, -0.15) is 0 Å². The zero-order chi connectivity index (χ0) is 16.7. The summed E-state index contributed by atoms with van der Waals surface area (Å²) in [7, 11) is 2.83. The van der Waals surface area contributed by atoms with Gasteiger partial charge in [-0.15, -0.1) is 9.24 Å². The normalized spacial score (nSPS) is 11.6. The first-order valence-electron chi connectivity index (χ1n) is 9.52. The fourth-order valence-electron chi connectivity index (χ4n) is 2.61. The molecule has 0 aromatic rings. The first kappa shape index (κ1) is 21.9. The molecule has 0 aliphatic heterocycles. The van der Waals surface area contributed by atoms with E-state index in [0.29, 0.717) is 13.0 Å². The highest BCUT2D eigenvalue weighted by molar-refractivity contribution is 7.19. The van der Waals surface area contributed by atoms with Gasteiger partial charge in [0, 0.05) is 0 Å². The first-order valence-corrected chi connectivity index (χ1v) is 10.1. The maximum atomic E-state index is 11.8. The molecule has 0 saturated heterocycles. The van der Waals surface area contributed by atoms with Crippen LogP contribution in [0.2, 0.25) is 0 Å². The minimum absolute atomic E-state index is 0.0328. The summed E-state index contributed by atoms with van der Waals surface area (Å²) in [5, 5.41) is 0.0366. The van der Waals surface area contributed by atoms with Crippen LogP contribution in [0.25, 0.3) is 0 Å². The first-order chi connectivity index (χ1) is 10.6. The SMILES string of the molecule is CCCCCCCCCCCCOC(=O)CC(P)(CC)CC. The van der Waals surface area contributed by atoms with Crippen molar-refractivity contribution in [1.29, 1.82) is 0 Å². The van der Waals surface area contributed by atoms with E-state index in [-0.39, 0.29) is 11.1 Å². The highest BCUT2D eigenvalue weighted by atomic mass is 31.0. The summed E-state index contributed by atoms with van der Waals surface area (Å²) < 4.78 is 5.36. The Kier molecular flexibility index (Phi) is 14.4. The number of carbonyl (C=O) groups is 1. The smallest absolute Gasteiger partial charge is 0.306 e. The van der Waals surface area contributed by atoms with Gasteiger partial charge >= 0.3 is 5.97 Å². The molecule has 1 unspecified atom stereocenters. The van der Waals surface area contributed by atoms with Gasteiger partial charge in [0.05, 0.1) is 13.0 Å². The van der Waals surface area contributed by atoms with E-state index in [4.69, 9.17) is 4.74 Å². The standard InChI is InChI=1S/C19H39O2P/c1-4-7-8-9-10-11-12-13-14-15-16-21-18(20)17-19(22,5-2)6-3/h4-17,22H2,1-3H3. The molecule has 0 aliphatic rings.